The number of aliphatic hydroxyl groups is 1. The van der Waals surface area contributed by atoms with E-state index in [4.69, 9.17) is 27.2 Å². The summed E-state index contributed by atoms with van der Waals surface area (Å²) in [6.07, 6.45) is -2.61. The van der Waals surface area contributed by atoms with Gasteiger partial charge in [0.05, 0.1) is 0 Å². The van der Waals surface area contributed by atoms with Gasteiger partial charge < -0.3 is 0 Å². The zero-order valence-electron chi connectivity index (χ0n) is 19.7. The third-order valence-electron chi connectivity index (χ3n) is 6.12. The molecule has 1 heterocycles. The summed E-state index contributed by atoms with van der Waals surface area (Å²) in [7, 11) is 6.26. The summed E-state index contributed by atoms with van der Waals surface area (Å²) in [6.45, 7) is 1.58. The molecule has 7 heteroatoms. The molecule has 182 valence electrons. The Hall–Kier alpha value is -1.31. The van der Waals surface area contributed by atoms with Crippen molar-refractivity contribution in [1.82, 2.24) is 0 Å². The fourth-order valence-electron chi connectivity index (χ4n) is 4.28. The van der Waals surface area contributed by atoms with Crippen LogP contribution < -0.4 is 0 Å². The molecule has 5 atom stereocenters. The molecule has 0 radical (unpaired) electrons. The summed E-state index contributed by atoms with van der Waals surface area (Å²) >= 11 is -1.59. The second-order valence-corrected chi connectivity index (χ2v) is 15.7. The molecule has 5 nitrogen and oxygen atoms in total. The fraction of sp³-hybridized carbons (Fsp3) is 0.357. The number of benzene rings is 3. The Morgan fingerprint density at radius 1 is 0.686 bits per heavy atom. The number of rotatable bonds is 12. The quantitative estimate of drug-likeness (QED) is 0.268. The molecular weight excluding hydrogens is 652 g/mol. The van der Waals surface area contributed by atoms with E-state index in [1.54, 1.807) is 0 Å². The molecule has 0 amide bonds. The van der Waals surface area contributed by atoms with E-state index in [-0.39, 0.29) is 12.2 Å². The van der Waals surface area contributed by atoms with Crippen molar-refractivity contribution in [1.29, 1.82) is 0 Å². The van der Waals surface area contributed by atoms with Crippen molar-refractivity contribution < 1.29 is 47.4 Å². The zero-order chi connectivity index (χ0) is 24.3. The number of hydrogen-bond acceptors (Lipinski definition) is 5. The molecule has 0 bridgehead atoms. The van der Waals surface area contributed by atoms with Gasteiger partial charge in [-0.1, -0.05) is 0 Å². The average molecular weight is 684 g/mol. The second-order valence-electron chi connectivity index (χ2n) is 8.70. The van der Waals surface area contributed by atoms with Crippen LogP contribution in [-0.2, 0) is 62.1 Å². The second kappa shape index (κ2) is 14.4. The number of ether oxygens (including phenoxy) is 4. The minimum atomic E-state index is -1.59. The van der Waals surface area contributed by atoms with Gasteiger partial charge in [0.2, 0.25) is 0 Å². The fourth-order valence-corrected chi connectivity index (χ4v) is 8.86. The molecule has 3 aromatic rings. The molecule has 2 unspecified atom stereocenters. The van der Waals surface area contributed by atoms with Gasteiger partial charge in [0.25, 0.3) is 0 Å². The molecule has 0 saturated carbocycles. The number of halogens is 1. The van der Waals surface area contributed by atoms with E-state index >= 15 is 0 Å². The van der Waals surface area contributed by atoms with Gasteiger partial charge in [-0.3, -0.25) is 0 Å². The molecule has 1 aliphatic heterocycles. The van der Waals surface area contributed by atoms with Crippen molar-refractivity contribution in [3.63, 3.8) is 0 Å². The van der Waals surface area contributed by atoms with Crippen LogP contribution in [0.5, 0.6) is 0 Å². The summed E-state index contributed by atoms with van der Waals surface area (Å²) in [5, 5.41) is 11.2. The summed E-state index contributed by atoms with van der Waals surface area (Å²) in [5.41, 5.74) is 3.18. The van der Waals surface area contributed by atoms with Gasteiger partial charge in [-0.15, -0.1) is 0 Å². The molecule has 1 fully saturated rings. The third kappa shape index (κ3) is 8.09. The van der Waals surface area contributed by atoms with Gasteiger partial charge in [-0.05, 0) is 0 Å². The van der Waals surface area contributed by atoms with Crippen LogP contribution in [-0.4, -0.2) is 42.2 Å². The molecule has 35 heavy (non-hydrogen) atoms. The van der Waals surface area contributed by atoms with E-state index in [9.17, 15) is 5.11 Å². The first-order chi connectivity index (χ1) is 17.2. The van der Waals surface area contributed by atoms with E-state index in [0.29, 0.717) is 26.4 Å². The molecule has 0 aromatic heterocycles. The first-order valence-corrected chi connectivity index (χ1v) is 22.7. The van der Waals surface area contributed by atoms with Crippen molar-refractivity contribution in [3.8, 4) is 0 Å². The molecule has 1 N–H and O–H groups in total. The van der Waals surface area contributed by atoms with Crippen molar-refractivity contribution in [2.75, 3.05) is 6.61 Å². The molecule has 1 saturated heterocycles. The Balaban J connectivity index is 1.50. The Labute approximate surface area is 223 Å². The van der Waals surface area contributed by atoms with Crippen LogP contribution >= 0.6 is 8.25 Å². The Kier molecular flexibility index (Phi) is 11.0. The van der Waals surface area contributed by atoms with Crippen molar-refractivity contribution in [2.45, 2.75) is 54.3 Å². The maximum absolute atomic E-state index is 11.2. The predicted molar refractivity (Wildman–Crippen MR) is 131 cm³/mol. The van der Waals surface area contributed by atoms with E-state index in [1.165, 1.54) is 0 Å². The van der Waals surface area contributed by atoms with Gasteiger partial charge >= 0.3 is 224 Å². The van der Waals surface area contributed by atoms with Gasteiger partial charge in [0.15, 0.2) is 0 Å². The Morgan fingerprint density at radius 2 is 1.17 bits per heavy atom. The standard InChI is InChI=1S/C28H31O5.ClH.Hg/c1-21-26(29)28(32-19-24-15-9-4-10-16-24)27(31-18-23-13-7-3-8-14-23)25(33-21)20-30-17-22-11-5-2-6-12-22;;/h2-16,21,25-29H,1,17-20H2;1H;/q;;+1/p-1/t21-,25?,26?,27-,28+;;/m1../s1. The van der Waals surface area contributed by atoms with Crippen LogP contribution in [0.2, 0.25) is 3.93 Å². The van der Waals surface area contributed by atoms with Crippen molar-refractivity contribution >= 4 is 8.25 Å². The van der Waals surface area contributed by atoms with Crippen LogP contribution in [0.15, 0.2) is 91.0 Å². The summed E-state index contributed by atoms with van der Waals surface area (Å²) < 4.78 is 25.8. The molecule has 4 rings (SSSR count). The monoisotopic (exact) mass is 684 g/mol. The summed E-state index contributed by atoms with van der Waals surface area (Å²) in [4.78, 5) is 0. The number of aliphatic hydroxyl groups excluding tert-OH is 1. The summed E-state index contributed by atoms with van der Waals surface area (Å²) in [5.74, 6) is 0. The average Bonchev–Trinajstić information content (AvgIpc) is 2.90. The van der Waals surface area contributed by atoms with E-state index in [0.717, 1.165) is 20.6 Å². The SMILES string of the molecule is OC1[C@@H]([CH2][Hg][Cl])OC(COCc2ccccc2)[C@@H](OCc2ccccc2)[C@H]1OCc1ccccc1. The first kappa shape index (κ1) is 26.7. The first-order valence-electron chi connectivity index (χ1n) is 12.1. The van der Waals surface area contributed by atoms with Crippen LogP contribution in [0.3, 0.4) is 0 Å². The Bertz CT molecular complexity index is 978. The predicted octanol–water partition coefficient (Wildman–Crippen LogP) is 5.16. The van der Waals surface area contributed by atoms with Crippen molar-refractivity contribution in [3.05, 3.63) is 108 Å². The molecule has 0 spiro atoms. The molecule has 0 aliphatic carbocycles. The molecule has 1 aliphatic rings. The van der Waals surface area contributed by atoms with E-state index in [1.807, 2.05) is 91.0 Å². The topological polar surface area (TPSA) is 57.2 Å². The van der Waals surface area contributed by atoms with Gasteiger partial charge in [0, 0.05) is 0 Å². The van der Waals surface area contributed by atoms with Gasteiger partial charge in [-0.25, -0.2) is 0 Å². The van der Waals surface area contributed by atoms with Crippen molar-refractivity contribution in [2.24, 2.45) is 0 Å². The van der Waals surface area contributed by atoms with E-state index in [2.05, 4.69) is 0 Å². The van der Waals surface area contributed by atoms with Crippen LogP contribution in [0, 0.1) is 0 Å². The minimum absolute atomic E-state index is 0.335. The van der Waals surface area contributed by atoms with Gasteiger partial charge in [0.1, 0.15) is 0 Å². The van der Waals surface area contributed by atoms with Crippen LogP contribution in [0.4, 0.5) is 0 Å². The zero-order valence-corrected chi connectivity index (χ0v) is 26.0. The maximum atomic E-state index is 11.2. The third-order valence-corrected chi connectivity index (χ3v) is 11.1. The molecule has 3 aromatic carbocycles. The normalized spacial score (nSPS) is 24.1. The molecular formula is C28H31ClHgO5. The summed E-state index contributed by atoms with van der Waals surface area (Å²) in [6, 6.07) is 30.0. The Morgan fingerprint density at radius 3 is 1.69 bits per heavy atom. The van der Waals surface area contributed by atoms with Crippen LogP contribution in [0.1, 0.15) is 16.7 Å². The van der Waals surface area contributed by atoms with Gasteiger partial charge in [-0.2, -0.15) is 0 Å². The number of hydrogen-bond donors (Lipinski definition) is 1. The van der Waals surface area contributed by atoms with E-state index < -0.39 is 41.7 Å². The van der Waals surface area contributed by atoms with Crippen LogP contribution in [0.25, 0.3) is 0 Å².